The average Bonchev–Trinajstić information content (AvgIpc) is 2.16. The maximum absolute atomic E-state index is 9.49. The molecule has 1 aromatic rings. The maximum atomic E-state index is 9.49. The molecule has 1 aromatic carbocycles. The van der Waals surface area contributed by atoms with Gasteiger partial charge in [-0.15, -0.1) is 0 Å². The van der Waals surface area contributed by atoms with E-state index in [0.29, 0.717) is 17.8 Å². The second-order valence-electron chi connectivity index (χ2n) is 3.31. The smallest absolute Gasteiger partial charge is 0.122 e. The molecule has 0 amide bonds. The molecule has 1 atom stereocenters. The van der Waals surface area contributed by atoms with Crippen LogP contribution in [0.1, 0.15) is 12.5 Å². The summed E-state index contributed by atoms with van der Waals surface area (Å²) in [6.07, 6.45) is 0. The monoisotopic (exact) mass is 196 g/mol. The molecular weight excluding hydrogens is 180 g/mol. The second-order valence-corrected chi connectivity index (χ2v) is 3.31. The molecule has 0 aliphatic heterocycles. The minimum absolute atomic E-state index is 0.00555. The van der Waals surface area contributed by atoms with E-state index in [1.54, 1.807) is 18.2 Å². The van der Waals surface area contributed by atoms with Gasteiger partial charge in [0.15, 0.2) is 0 Å². The Hall–Kier alpha value is -1.26. The molecule has 0 saturated heterocycles. The number of anilines is 1. The lowest BCUT2D eigenvalue weighted by molar-refractivity contribution is 0.250. The Morgan fingerprint density at radius 3 is 2.79 bits per heavy atom. The largest absolute Gasteiger partial charge is 0.508 e. The van der Waals surface area contributed by atoms with E-state index in [0.717, 1.165) is 0 Å². The summed E-state index contributed by atoms with van der Waals surface area (Å²) >= 11 is 0. The molecule has 1 rings (SSSR count). The van der Waals surface area contributed by atoms with Gasteiger partial charge in [0.25, 0.3) is 0 Å². The van der Waals surface area contributed by atoms with E-state index in [1.807, 2.05) is 6.92 Å². The molecule has 5 N–H and O–H groups in total. The van der Waals surface area contributed by atoms with Crippen LogP contribution >= 0.6 is 0 Å². The number of nitrogens with two attached hydrogens (primary N) is 1. The summed E-state index contributed by atoms with van der Waals surface area (Å²) in [6, 6.07) is 5.02. The highest BCUT2D eigenvalue weighted by molar-refractivity contribution is 5.53. The highest BCUT2D eigenvalue weighted by Crippen LogP contribution is 2.22. The van der Waals surface area contributed by atoms with Crippen molar-refractivity contribution in [1.29, 1.82) is 0 Å². The second kappa shape index (κ2) is 4.83. The van der Waals surface area contributed by atoms with E-state index in [9.17, 15) is 5.11 Å². The van der Waals surface area contributed by atoms with Crippen LogP contribution in [-0.2, 0) is 6.54 Å². The van der Waals surface area contributed by atoms with Crippen LogP contribution in [0.4, 0.5) is 5.69 Å². The Morgan fingerprint density at radius 2 is 2.21 bits per heavy atom. The molecule has 0 aliphatic carbocycles. The number of hydrogen-bond donors (Lipinski definition) is 4. The molecule has 78 valence electrons. The predicted octanol–water partition coefficient (Wildman–Crippen LogP) is 0.445. The van der Waals surface area contributed by atoms with E-state index in [2.05, 4.69) is 5.32 Å². The van der Waals surface area contributed by atoms with Crippen LogP contribution in [0.5, 0.6) is 5.75 Å². The van der Waals surface area contributed by atoms with Crippen molar-refractivity contribution in [3.63, 3.8) is 0 Å². The first-order chi connectivity index (χ1) is 6.65. The Balaban J connectivity index is 2.66. The highest BCUT2D eigenvalue weighted by Gasteiger charge is 2.06. The van der Waals surface area contributed by atoms with Crippen LogP contribution in [0.3, 0.4) is 0 Å². The summed E-state index contributed by atoms with van der Waals surface area (Å²) in [5.74, 6) is 0.183. The third-order valence-electron chi connectivity index (χ3n) is 2.09. The van der Waals surface area contributed by atoms with Crippen LogP contribution in [0.2, 0.25) is 0 Å². The lowest BCUT2D eigenvalue weighted by Crippen LogP contribution is -2.28. The number of phenols is 1. The number of aromatic hydroxyl groups is 1. The van der Waals surface area contributed by atoms with E-state index in [1.165, 1.54) is 0 Å². The number of rotatable bonds is 4. The van der Waals surface area contributed by atoms with Gasteiger partial charge >= 0.3 is 0 Å². The molecule has 0 heterocycles. The predicted molar refractivity (Wildman–Crippen MR) is 55.9 cm³/mol. The van der Waals surface area contributed by atoms with Crippen molar-refractivity contribution < 1.29 is 10.2 Å². The molecule has 0 bridgehead atoms. The minimum atomic E-state index is -0.00555. The van der Waals surface area contributed by atoms with Gasteiger partial charge in [-0.2, -0.15) is 0 Å². The Morgan fingerprint density at radius 1 is 1.50 bits per heavy atom. The first kappa shape index (κ1) is 10.8. The molecule has 1 unspecified atom stereocenters. The number of aliphatic hydroxyl groups is 1. The normalized spacial score (nSPS) is 12.7. The quantitative estimate of drug-likeness (QED) is 0.527. The molecule has 0 aromatic heterocycles. The van der Waals surface area contributed by atoms with Gasteiger partial charge in [0.2, 0.25) is 0 Å². The fourth-order valence-corrected chi connectivity index (χ4v) is 1.13. The molecular formula is C10H16N2O2. The molecule has 0 spiro atoms. The Kier molecular flexibility index (Phi) is 3.73. The standard InChI is InChI=1S/C10H16N2O2/c1-7(6-13)12-5-8-9(11)3-2-4-10(8)14/h2-4,7,12-14H,5-6,11H2,1H3. The summed E-state index contributed by atoms with van der Waals surface area (Å²) in [5.41, 5.74) is 6.92. The fraction of sp³-hybridized carbons (Fsp3) is 0.400. The van der Waals surface area contributed by atoms with Crippen LogP contribution in [0.15, 0.2) is 18.2 Å². The number of nitrogen functional groups attached to an aromatic ring is 1. The van der Waals surface area contributed by atoms with E-state index < -0.39 is 0 Å². The summed E-state index contributed by atoms with van der Waals surface area (Å²) in [4.78, 5) is 0. The summed E-state index contributed by atoms with van der Waals surface area (Å²) in [7, 11) is 0. The third kappa shape index (κ3) is 2.61. The zero-order chi connectivity index (χ0) is 10.6. The topological polar surface area (TPSA) is 78.5 Å². The van der Waals surface area contributed by atoms with Gasteiger partial charge in [-0.3, -0.25) is 0 Å². The molecule has 0 radical (unpaired) electrons. The Labute approximate surface area is 83.4 Å². The zero-order valence-corrected chi connectivity index (χ0v) is 8.20. The van der Waals surface area contributed by atoms with Crippen molar-refractivity contribution in [2.24, 2.45) is 0 Å². The number of phenolic OH excluding ortho intramolecular Hbond substituents is 1. The van der Waals surface area contributed by atoms with Crippen LogP contribution in [0.25, 0.3) is 0 Å². The van der Waals surface area contributed by atoms with Crippen molar-refractivity contribution in [3.05, 3.63) is 23.8 Å². The SMILES string of the molecule is CC(CO)NCc1c(N)cccc1O. The lowest BCUT2D eigenvalue weighted by atomic mass is 10.1. The van der Waals surface area contributed by atoms with Gasteiger partial charge in [-0.1, -0.05) is 6.07 Å². The minimum Gasteiger partial charge on any atom is -0.508 e. The van der Waals surface area contributed by atoms with Crippen molar-refractivity contribution in [1.82, 2.24) is 5.32 Å². The van der Waals surface area contributed by atoms with Gasteiger partial charge in [0, 0.05) is 23.8 Å². The molecule has 0 fully saturated rings. The number of benzene rings is 1. The van der Waals surface area contributed by atoms with Gasteiger partial charge < -0.3 is 21.3 Å². The number of nitrogens with one attached hydrogen (secondary N) is 1. The number of hydrogen-bond acceptors (Lipinski definition) is 4. The summed E-state index contributed by atoms with van der Waals surface area (Å²) in [6.45, 7) is 2.38. The highest BCUT2D eigenvalue weighted by atomic mass is 16.3. The Bertz CT molecular complexity index is 282. The van der Waals surface area contributed by atoms with E-state index in [-0.39, 0.29) is 18.4 Å². The van der Waals surface area contributed by atoms with E-state index in [4.69, 9.17) is 10.8 Å². The number of aliphatic hydroxyl groups excluding tert-OH is 1. The van der Waals surface area contributed by atoms with Crippen LogP contribution in [-0.4, -0.2) is 22.9 Å². The maximum Gasteiger partial charge on any atom is 0.122 e. The fourth-order valence-electron chi connectivity index (χ4n) is 1.13. The summed E-state index contributed by atoms with van der Waals surface area (Å²) in [5, 5.41) is 21.3. The van der Waals surface area contributed by atoms with Gasteiger partial charge in [0.1, 0.15) is 5.75 Å². The van der Waals surface area contributed by atoms with Crippen molar-refractivity contribution in [3.8, 4) is 5.75 Å². The van der Waals surface area contributed by atoms with Crippen molar-refractivity contribution in [2.75, 3.05) is 12.3 Å². The van der Waals surface area contributed by atoms with Crippen molar-refractivity contribution in [2.45, 2.75) is 19.5 Å². The van der Waals surface area contributed by atoms with Crippen LogP contribution < -0.4 is 11.1 Å². The van der Waals surface area contributed by atoms with Crippen molar-refractivity contribution >= 4 is 5.69 Å². The van der Waals surface area contributed by atoms with Gasteiger partial charge in [-0.25, -0.2) is 0 Å². The lowest BCUT2D eigenvalue weighted by Gasteiger charge is -2.13. The first-order valence-corrected chi connectivity index (χ1v) is 4.55. The summed E-state index contributed by atoms with van der Waals surface area (Å²) < 4.78 is 0. The molecule has 4 nitrogen and oxygen atoms in total. The molecule has 14 heavy (non-hydrogen) atoms. The van der Waals surface area contributed by atoms with Gasteiger partial charge in [0.05, 0.1) is 6.61 Å². The average molecular weight is 196 g/mol. The van der Waals surface area contributed by atoms with E-state index >= 15 is 0 Å². The van der Waals surface area contributed by atoms with Gasteiger partial charge in [-0.05, 0) is 19.1 Å². The third-order valence-corrected chi connectivity index (χ3v) is 2.09. The molecule has 0 saturated carbocycles. The van der Waals surface area contributed by atoms with Crippen LogP contribution in [0, 0.1) is 0 Å². The first-order valence-electron chi connectivity index (χ1n) is 4.55. The molecule has 4 heteroatoms. The molecule has 0 aliphatic rings. The zero-order valence-electron chi connectivity index (χ0n) is 8.20.